The van der Waals surface area contributed by atoms with Gasteiger partial charge in [0.05, 0.1) is 10.7 Å². The minimum atomic E-state index is -0.104. The molecule has 0 fully saturated rings. The van der Waals surface area contributed by atoms with E-state index >= 15 is 0 Å². The van der Waals surface area contributed by atoms with Crippen molar-refractivity contribution in [1.29, 1.82) is 0 Å². The van der Waals surface area contributed by atoms with Gasteiger partial charge in [0.2, 0.25) is 5.91 Å². The highest BCUT2D eigenvalue weighted by Gasteiger charge is 2.06. The van der Waals surface area contributed by atoms with Gasteiger partial charge >= 0.3 is 0 Å². The molecule has 0 aliphatic heterocycles. The summed E-state index contributed by atoms with van der Waals surface area (Å²) in [6.07, 6.45) is 1.25. The molecule has 0 radical (unpaired) electrons. The van der Waals surface area contributed by atoms with Gasteiger partial charge in [-0.1, -0.05) is 46.9 Å². The Morgan fingerprint density at radius 2 is 1.61 bits per heavy atom. The van der Waals surface area contributed by atoms with Gasteiger partial charge in [0, 0.05) is 23.0 Å². The molecule has 3 nitrogen and oxygen atoms in total. The molecule has 2 N–H and O–H groups in total. The van der Waals surface area contributed by atoms with Gasteiger partial charge < -0.3 is 10.6 Å². The number of rotatable bonds is 7. The zero-order chi connectivity index (χ0) is 16.7. The molecule has 0 spiro atoms. The number of halogens is 3. The fourth-order valence-electron chi connectivity index (χ4n) is 2.02. The van der Waals surface area contributed by atoms with E-state index in [1.807, 2.05) is 24.3 Å². The van der Waals surface area contributed by atoms with Crippen LogP contribution in [0.1, 0.15) is 12.0 Å². The van der Waals surface area contributed by atoms with E-state index in [1.165, 1.54) is 5.56 Å². The van der Waals surface area contributed by atoms with E-state index in [1.54, 1.807) is 18.2 Å². The van der Waals surface area contributed by atoms with Crippen LogP contribution in [0.5, 0.6) is 0 Å². The van der Waals surface area contributed by atoms with Crippen molar-refractivity contribution >= 4 is 46.4 Å². The van der Waals surface area contributed by atoms with Crippen LogP contribution in [0, 0.1) is 0 Å². The summed E-state index contributed by atoms with van der Waals surface area (Å²) < 4.78 is 0. The van der Waals surface area contributed by atoms with E-state index < -0.39 is 0 Å². The Morgan fingerprint density at radius 3 is 2.35 bits per heavy atom. The quantitative estimate of drug-likeness (QED) is 0.686. The molecule has 0 unspecified atom stereocenters. The van der Waals surface area contributed by atoms with Crippen molar-refractivity contribution in [3.63, 3.8) is 0 Å². The summed E-state index contributed by atoms with van der Waals surface area (Å²) in [4.78, 5) is 11.9. The van der Waals surface area contributed by atoms with Crippen LogP contribution in [0.15, 0.2) is 42.5 Å². The third-order valence-electron chi connectivity index (χ3n) is 3.24. The molecule has 0 atom stereocenters. The van der Waals surface area contributed by atoms with Crippen molar-refractivity contribution < 1.29 is 4.79 Å². The van der Waals surface area contributed by atoms with E-state index in [2.05, 4.69) is 10.6 Å². The maximum Gasteiger partial charge on any atom is 0.225 e. The fourth-order valence-corrected chi connectivity index (χ4v) is 2.48. The van der Waals surface area contributed by atoms with Gasteiger partial charge in [-0.05, 0) is 48.9 Å². The van der Waals surface area contributed by atoms with Crippen LogP contribution in [0.25, 0.3) is 0 Å². The van der Waals surface area contributed by atoms with Crippen molar-refractivity contribution in [2.45, 2.75) is 12.8 Å². The molecule has 0 saturated heterocycles. The molecule has 0 saturated carbocycles. The van der Waals surface area contributed by atoms with Crippen LogP contribution >= 0.6 is 34.8 Å². The highest BCUT2D eigenvalue weighted by molar-refractivity contribution is 6.35. The molecule has 0 aliphatic rings. The summed E-state index contributed by atoms with van der Waals surface area (Å²) in [6, 6.07) is 12.7. The van der Waals surface area contributed by atoms with Crippen LogP contribution in [-0.4, -0.2) is 19.0 Å². The van der Waals surface area contributed by atoms with Crippen molar-refractivity contribution in [3.8, 4) is 0 Å². The van der Waals surface area contributed by atoms with Gasteiger partial charge in [0.1, 0.15) is 0 Å². The van der Waals surface area contributed by atoms with Crippen molar-refractivity contribution in [3.05, 3.63) is 63.1 Å². The molecule has 0 aliphatic carbocycles. The van der Waals surface area contributed by atoms with Gasteiger partial charge in [0.15, 0.2) is 0 Å². The predicted octanol–water partition coefficient (Wildman–Crippen LogP) is 4.81. The molecule has 2 aromatic rings. The molecule has 6 heteroatoms. The Hall–Kier alpha value is -1.26. The lowest BCUT2D eigenvalue weighted by atomic mass is 10.1. The first-order chi connectivity index (χ1) is 11.0. The monoisotopic (exact) mass is 370 g/mol. The predicted molar refractivity (Wildman–Crippen MR) is 97.7 cm³/mol. The lowest BCUT2D eigenvalue weighted by Crippen LogP contribution is -2.23. The summed E-state index contributed by atoms with van der Waals surface area (Å²) in [5.41, 5.74) is 1.74. The first-order valence-corrected chi connectivity index (χ1v) is 8.38. The minimum Gasteiger partial charge on any atom is -0.325 e. The standard InChI is InChI=1S/C17H17Cl3N2O/c18-13-3-1-12(2-4-13)7-9-21-10-8-17(23)22-16-11-14(19)5-6-15(16)20/h1-6,11,21H,7-10H2,(H,22,23). The van der Waals surface area contributed by atoms with E-state index in [4.69, 9.17) is 34.8 Å². The third-order valence-corrected chi connectivity index (χ3v) is 4.05. The Bertz CT molecular complexity index is 659. The van der Waals surface area contributed by atoms with Gasteiger partial charge in [0.25, 0.3) is 0 Å². The second kappa shape index (κ2) is 9.14. The summed E-state index contributed by atoms with van der Waals surface area (Å²) in [5.74, 6) is -0.104. The van der Waals surface area contributed by atoms with E-state index in [0.29, 0.717) is 28.7 Å². The average molecular weight is 372 g/mol. The highest BCUT2D eigenvalue weighted by atomic mass is 35.5. The molecule has 122 valence electrons. The van der Waals surface area contributed by atoms with Gasteiger partial charge in [-0.15, -0.1) is 0 Å². The summed E-state index contributed by atoms with van der Waals surface area (Å²) >= 11 is 17.7. The lowest BCUT2D eigenvalue weighted by molar-refractivity contribution is -0.116. The van der Waals surface area contributed by atoms with Crippen molar-refractivity contribution in [2.75, 3.05) is 18.4 Å². The number of carbonyl (C=O) groups excluding carboxylic acids is 1. The van der Waals surface area contributed by atoms with Crippen molar-refractivity contribution in [1.82, 2.24) is 5.32 Å². The number of nitrogens with one attached hydrogen (secondary N) is 2. The smallest absolute Gasteiger partial charge is 0.225 e. The molecular weight excluding hydrogens is 355 g/mol. The van der Waals surface area contributed by atoms with Crippen molar-refractivity contribution in [2.24, 2.45) is 0 Å². The number of hydrogen-bond donors (Lipinski definition) is 2. The Labute approximate surface area is 150 Å². The SMILES string of the molecule is O=C(CCNCCc1ccc(Cl)cc1)Nc1cc(Cl)ccc1Cl. The highest BCUT2D eigenvalue weighted by Crippen LogP contribution is 2.25. The maximum absolute atomic E-state index is 11.9. The number of anilines is 1. The normalized spacial score (nSPS) is 10.6. The molecule has 0 bridgehead atoms. The molecule has 23 heavy (non-hydrogen) atoms. The van der Waals surface area contributed by atoms with Crippen LogP contribution in [0.2, 0.25) is 15.1 Å². The van der Waals surface area contributed by atoms with Gasteiger partial charge in [-0.25, -0.2) is 0 Å². The topological polar surface area (TPSA) is 41.1 Å². The lowest BCUT2D eigenvalue weighted by Gasteiger charge is -2.08. The molecule has 2 aromatic carbocycles. The fraction of sp³-hybridized carbons (Fsp3) is 0.235. The first-order valence-electron chi connectivity index (χ1n) is 7.24. The number of amides is 1. The third kappa shape index (κ3) is 6.40. The largest absolute Gasteiger partial charge is 0.325 e. The van der Waals surface area contributed by atoms with Crippen LogP contribution < -0.4 is 10.6 Å². The Kier molecular flexibility index (Phi) is 7.18. The van der Waals surface area contributed by atoms with Gasteiger partial charge in [-0.3, -0.25) is 4.79 Å². The molecule has 0 aromatic heterocycles. The summed E-state index contributed by atoms with van der Waals surface area (Å²) in [6.45, 7) is 1.39. The minimum absolute atomic E-state index is 0.104. The maximum atomic E-state index is 11.9. The van der Waals surface area contributed by atoms with Gasteiger partial charge in [-0.2, -0.15) is 0 Å². The molecule has 1 amide bonds. The molecular formula is C17H17Cl3N2O. The summed E-state index contributed by atoms with van der Waals surface area (Å²) in [7, 11) is 0. The second-order valence-electron chi connectivity index (χ2n) is 5.05. The Balaban J connectivity index is 1.67. The number of carbonyl (C=O) groups is 1. The zero-order valence-electron chi connectivity index (χ0n) is 12.4. The zero-order valence-corrected chi connectivity index (χ0v) is 14.7. The van der Waals surface area contributed by atoms with Crippen LogP contribution in [0.3, 0.4) is 0 Å². The number of hydrogen-bond acceptors (Lipinski definition) is 2. The van der Waals surface area contributed by atoms with E-state index in [9.17, 15) is 4.79 Å². The molecule has 2 rings (SSSR count). The summed E-state index contributed by atoms with van der Waals surface area (Å²) in [5, 5.41) is 7.73. The van der Waals surface area contributed by atoms with Crippen LogP contribution in [0.4, 0.5) is 5.69 Å². The average Bonchev–Trinajstić information content (AvgIpc) is 2.52. The van der Waals surface area contributed by atoms with E-state index in [-0.39, 0.29) is 5.91 Å². The first kappa shape index (κ1) is 18.1. The second-order valence-corrected chi connectivity index (χ2v) is 6.33. The van der Waals surface area contributed by atoms with Crippen LogP contribution in [-0.2, 0) is 11.2 Å². The Morgan fingerprint density at radius 1 is 0.913 bits per heavy atom. The number of benzene rings is 2. The molecule has 0 heterocycles. The van der Waals surface area contributed by atoms with E-state index in [0.717, 1.165) is 18.0 Å².